The van der Waals surface area contributed by atoms with E-state index in [1.807, 2.05) is 0 Å². The largest absolute Gasteiger partial charge is 0.461 e. The van der Waals surface area contributed by atoms with Crippen molar-refractivity contribution in [3.05, 3.63) is 51.3 Å². The van der Waals surface area contributed by atoms with Gasteiger partial charge in [0.05, 0.1) is 12.2 Å². The molecule has 7 nitrogen and oxygen atoms in total. The van der Waals surface area contributed by atoms with Gasteiger partial charge in [-0.25, -0.2) is 9.59 Å². The van der Waals surface area contributed by atoms with E-state index in [4.69, 9.17) is 21.1 Å². The Balaban J connectivity index is 2.13. The quantitative estimate of drug-likeness (QED) is 0.708. The Morgan fingerprint density at radius 2 is 1.82 bits per heavy atom. The molecular formula is C20H23ClN2O5. The van der Waals surface area contributed by atoms with Gasteiger partial charge < -0.3 is 19.8 Å². The van der Waals surface area contributed by atoms with Crippen LogP contribution in [0.4, 0.5) is 5.69 Å². The van der Waals surface area contributed by atoms with Crippen molar-refractivity contribution in [2.45, 2.75) is 40.7 Å². The van der Waals surface area contributed by atoms with E-state index in [0.29, 0.717) is 27.5 Å². The fourth-order valence-electron chi connectivity index (χ4n) is 2.71. The van der Waals surface area contributed by atoms with Crippen LogP contribution < -0.4 is 5.32 Å². The molecule has 2 N–H and O–H groups in total. The number of hydrogen-bond donors (Lipinski definition) is 2. The van der Waals surface area contributed by atoms with Crippen LogP contribution in [0.1, 0.15) is 51.5 Å². The number of nitrogens with one attached hydrogen (secondary N) is 2. The Kier molecular flexibility index (Phi) is 6.85. The molecule has 0 aliphatic rings. The molecule has 1 aromatic carbocycles. The number of anilines is 1. The molecule has 1 heterocycles. The molecule has 8 heteroatoms. The number of carbonyl (C=O) groups excluding carboxylic acids is 3. The molecule has 0 saturated carbocycles. The molecule has 0 radical (unpaired) electrons. The third kappa shape index (κ3) is 4.54. The summed E-state index contributed by atoms with van der Waals surface area (Å²) in [6.07, 6.45) is -1.05. The maximum Gasteiger partial charge on any atom is 0.355 e. The molecule has 1 atom stereocenters. The highest BCUT2D eigenvalue weighted by atomic mass is 35.5. The van der Waals surface area contributed by atoms with Crippen LogP contribution in [0.2, 0.25) is 5.02 Å². The van der Waals surface area contributed by atoms with Crippen molar-refractivity contribution in [3.63, 3.8) is 0 Å². The first-order chi connectivity index (χ1) is 13.2. The SMILES string of the molecule is CCOC(=O)c1[nH]c(C)c(C(=O)O[C@H](C)C(=O)Nc2cccc(Cl)c2C)c1C. The van der Waals surface area contributed by atoms with Crippen LogP contribution >= 0.6 is 11.6 Å². The van der Waals surface area contributed by atoms with Gasteiger partial charge in [-0.05, 0) is 57.9 Å². The lowest BCUT2D eigenvalue weighted by Gasteiger charge is -2.15. The average Bonchev–Trinajstić information content (AvgIpc) is 2.93. The van der Waals surface area contributed by atoms with E-state index in [2.05, 4.69) is 10.3 Å². The van der Waals surface area contributed by atoms with Crippen LogP contribution in [-0.2, 0) is 14.3 Å². The molecule has 2 aromatic rings. The number of H-pyrrole nitrogens is 1. The van der Waals surface area contributed by atoms with Crippen molar-refractivity contribution in [1.82, 2.24) is 4.98 Å². The highest BCUT2D eigenvalue weighted by molar-refractivity contribution is 6.31. The van der Waals surface area contributed by atoms with E-state index in [-0.39, 0.29) is 17.9 Å². The molecule has 2 rings (SSSR count). The van der Waals surface area contributed by atoms with Crippen molar-refractivity contribution in [2.24, 2.45) is 0 Å². The molecule has 0 saturated heterocycles. The number of carbonyl (C=O) groups is 3. The Morgan fingerprint density at radius 1 is 1.14 bits per heavy atom. The average molecular weight is 407 g/mol. The number of rotatable bonds is 6. The van der Waals surface area contributed by atoms with Crippen molar-refractivity contribution in [2.75, 3.05) is 11.9 Å². The van der Waals surface area contributed by atoms with Crippen molar-refractivity contribution in [1.29, 1.82) is 0 Å². The van der Waals surface area contributed by atoms with Crippen LogP contribution in [0.3, 0.4) is 0 Å². The minimum atomic E-state index is -1.05. The number of aryl methyl sites for hydroxylation is 1. The van der Waals surface area contributed by atoms with Crippen molar-refractivity contribution in [3.8, 4) is 0 Å². The lowest BCUT2D eigenvalue weighted by Crippen LogP contribution is -2.30. The first-order valence-corrected chi connectivity index (χ1v) is 9.18. The van der Waals surface area contributed by atoms with Gasteiger partial charge in [0.1, 0.15) is 5.69 Å². The van der Waals surface area contributed by atoms with Gasteiger partial charge in [0.25, 0.3) is 5.91 Å². The summed E-state index contributed by atoms with van der Waals surface area (Å²) in [5.74, 6) is -1.74. The molecule has 0 aliphatic heterocycles. The molecule has 150 valence electrons. The molecule has 1 aromatic heterocycles. The van der Waals surface area contributed by atoms with E-state index in [0.717, 1.165) is 0 Å². The summed E-state index contributed by atoms with van der Waals surface area (Å²) >= 11 is 6.05. The first-order valence-electron chi connectivity index (χ1n) is 8.80. The summed E-state index contributed by atoms with van der Waals surface area (Å²) in [5.41, 5.74) is 2.54. The number of hydrogen-bond acceptors (Lipinski definition) is 5. The second kappa shape index (κ2) is 8.93. The summed E-state index contributed by atoms with van der Waals surface area (Å²) in [5, 5.41) is 3.22. The van der Waals surface area contributed by atoms with Gasteiger partial charge in [0.2, 0.25) is 0 Å². The topological polar surface area (TPSA) is 97.5 Å². The van der Waals surface area contributed by atoms with E-state index in [1.165, 1.54) is 6.92 Å². The second-order valence-electron chi connectivity index (χ2n) is 6.29. The lowest BCUT2D eigenvalue weighted by atomic mass is 10.1. The summed E-state index contributed by atoms with van der Waals surface area (Å²) in [7, 11) is 0. The van der Waals surface area contributed by atoms with E-state index < -0.39 is 23.9 Å². The standard InChI is InChI=1S/C20H23ClN2O5/c1-6-27-20(26)17-11(3)16(12(4)22-17)19(25)28-13(5)18(24)23-15-9-7-8-14(21)10(15)2/h7-9,13,22H,6H2,1-5H3,(H,23,24)/t13-/m1/s1. The number of esters is 2. The predicted octanol–water partition coefficient (Wildman–Crippen LogP) is 3.95. The van der Waals surface area contributed by atoms with Crippen LogP contribution in [0.15, 0.2) is 18.2 Å². The Labute approximate surface area is 168 Å². The Morgan fingerprint density at radius 3 is 2.46 bits per heavy atom. The molecule has 1 amide bonds. The van der Waals surface area contributed by atoms with Gasteiger partial charge >= 0.3 is 11.9 Å². The van der Waals surface area contributed by atoms with E-state index in [1.54, 1.807) is 45.9 Å². The Bertz CT molecular complexity index is 920. The minimum Gasteiger partial charge on any atom is -0.461 e. The van der Waals surface area contributed by atoms with Gasteiger partial charge in [0.15, 0.2) is 6.10 Å². The van der Waals surface area contributed by atoms with Crippen LogP contribution in [0, 0.1) is 20.8 Å². The zero-order chi connectivity index (χ0) is 21.0. The normalized spacial score (nSPS) is 11.6. The number of aromatic nitrogens is 1. The molecule has 0 spiro atoms. The number of aromatic amines is 1. The van der Waals surface area contributed by atoms with Gasteiger partial charge in [-0.3, -0.25) is 4.79 Å². The molecule has 0 fully saturated rings. The van der Waals surface area contributed by atoms with Gasteiger partial charge in [0, 0.05) is 16.4 Å². The molecule has 28 heavy (non-hydrogen) atoms. The number of halogens is 1. The molecule has 0 bridgehead atoms. The van der Waals surface area contributed by atoms with Gasteiger partial charge in [-0.15, -0.1) is 0 Å². The predicted molar refractivity (Wildman–Crippen MR) is 106 cm³/mol. The van der Waals surface area contributed by atoms with Gasteiger partial charge in [-0.2, -0.15) is 0 Å². The molecule has 0 unspecified atom stereocenters. The smallest absolute Gasteiger partial charge is 0.355 e. The van der Waals surface area contributed by atoms with Crippen molar-refractivity contribution < 1.29 is 23.9 Å². The number of benzene rings is 1. The monoisotopic (exact) mass is 406 g/mol. The molecular weight excluding hydrogens is 384 g/mol. The third-order valence-corrected chi connectivity index (χ3v) is 4.71. The maximum atomic E-state index is 12.6. The highest BCUT2D eigenvalue weighted by Gasteiger charge is 2.26. The van der Waals surface area contributed by atoms with E-state index >= 15 is 0 Å². The van der Waals surface area contributed by atoms with E-state index in [9.17, 15) is 14.4 Å². The second-order valence-corrected chi connectivity index (χ2v) is 6.70. The first kappa shape index (κ1) is 21.5. The Hall–Kier alpha value is -2.80. The summed E-state index contributed by atoms with van der Waals surface area (Å²) in [4.78, 5) is 39.8. The maximum absolute atomic E-state index is 12.6. The number of amides is 1. The van der Waals surface area contributed by atoms with Crippen LogP contribution in [0.25, 0.3) is 0 Å². The summed E-state index contributed by atoms with van der Waals surface area (Å²) < 4.78 is 10.3. The lowest BCUT2D eigenvalue weighted by molar-refractivity contribution is -0.123. The minimum absolute atomic E-state index is 0.193. The fourth-order valence-corrected chi connectivity index (χ4v) is 2.89. The van der Waals surface area contributed by atoms with Gasteiger partial charge in [-0.1, -0.05) is 17.7 Å². The molecule has 0 aliphatic carbocycles. The number of ether oxygens (including phenoxy) is 2. The third-order valence-electron chi connectivity index (χ3n) is 4.30. The zero-order valence-electron chi connectivity index (χ0n) is 16.4. The summed E-state index contributed by atoms with van der Waals surface area (Å²) in [6.45, 7) is 8.42. The highest BCUT2D eigenvalue weighted by Crippen LogP contribution is 2.24. The van der Waals surface area contributed by atoms with Crippen LogP contribution in [-0.4, -0.2) is 35.5 Å². The summed E-state index contributed by atoms with van der Waals surface area (Å²) in [6, 6.07) is 5.14. The fraction of sp³-hybridized carbons (Fsp3) is 0.350. The van der Waals surface area contributed by atoms with Crippen LogP contribution in [0.5, 0.6) is 0 Å². The van der Waals surface area contributed by atoms with Crippen molar-refractivity contribution >= 4 is 35.1 Å². The zero-order valence-corrected chi connectivity index (χ0v) is 17.2.